The monoisotopic (exact) mass is 1230 g/mol. The van der Waals surface area contributed by atoms with Gasteiger partial charge >= 0.3 is 6.09 Å². The highest BCUT2D eigenvalue weighted by Crippen LogP contribution is 2.67. The fourth-order valence-corrected chi connectivity index (χ4v) is 16.2. The van der Waals surface area contributed by atoms with Crippen LogP contribution >= 0.6 is 0 Å². The summed E-state index contributed by atoms with van der Waals surface area (Å²) in [6, 6.07) is 8.31. The van der Waals surface area contributed by atoms with Crippen molar-refractivity contribution in [1.82, 2.24) is 34.2 Å². The summed E-state index contributed by atoms with van der Waals surface area (Å²) < 4.78 is 13.3. The molecule has 0 saturated heterocycles. The zero-order valence-corrected chi connectivity index (χ0v) is 56.0. The Labute approximate surface area is 531 Å². The van der Waals surface area contributed by atoms with Crippen molar-refractivity contribution in [3.8, 4) is 0 Å². The Kier molecular flexibility index (Phi) is 23.8. The van der Waals surface area contributed by atoms with Crippen molar-refractivity contribution in [2.24, 2.45) is 74.5 Å². The van der Waals surface area contributed by atoms with Crippen LogP contribution in [0.3, 0.4) is 0 Å². The maximum absolute atomic E-state index is 13.4. The van der Waals surface area contributed by atoms with Crippen molar-refractivity contribution >= 4 is 52.7 Å². The van der Waals surface area contributed by atoms with E-state index in [1.54, 1.807) is 107 Å². The van der Waals surface area contributed by atoms with Gasteiger partial charge in [-0.25, -0.2) is 4.79 Å². The third-order valence-electron chi connectivity index (χ3n) is 21.2. The number of unbranched alkanes of at least 4 members (excludes halogenated alkanes) is 9. The van der Waals surface area contributed by atoms with E-state index in [2.05, 4.69) is 86.7 Å². The van der Waals surface area contributed by atoms with Crippen LogP contribution in [0.15, 0.2) is 66.8 Å². The summed E-state index contributed by atoms with van der Waals surface area (Å²) in [4.78, 5) is 78.4. The molecule has 4 aliphatic carbocycles. The summed E-state index contributed by atoms with van der Waals surface area (Å²) in [5.74, 6) is 3.66. The van der Waals surface area contributed by atoms with Crippen LogP contribution in [0.1, 0.15) is 218 Å². The average Bonchev–Trinajstić information content (AvgIpc) is 1.83. The number of carbonyl (C=O) groups is 6. The molecule has 0 spiro atoms. The van der Waals surface area contributed by atoms with Crippen LogP contribution in [-0.2, 0) is 37.7 Å². The molecule has 18 nitrogen and oxygen atoms in total. The molecule has 8 rings (SSSR count). The van der Waals surface area contributed by atoms with Gasteiger partial charge in [0.1, 0.15) is 28.9 Å². The first-order valence-electron chi connectivity index (χ1n) is 34.0. The van der Waals surface area contributed by atoms with Crippen LogP contribution in [0.4, 0.5) is 21.9 Å². The number of ether oxygens (including phenoxy) is 1. The van der Waals surface area contributed by atoms with Crippen molar-refractivity contribution in [3.05, 3.63) is 89.5 Å². The highest BCUT2D eigenvalue weighted by atomic mass is 16.6. The van der Waals surface area contributed by atoms with E-state index in [9.17, 15) is 28.8 Å². The van der Waals surface area contributed by atoms with Crippen LogP contribution < -0.4 is 31.9 Å². The number of nitrogens with one attached hydrogen (secondary N) is 6. The molecule has 490 valence electrons. The minimum Gasteiger partial charge on any atom is -0.446 e. The number of amides is 6. The summed E-state index contributed by atoms with van der Waals surface area (Å²) in [5.41, 5.74) is 5.18. The zero-order valence-electron chi connectivity index (χ0n) is 56.0. The molecule has 6 N–H and O–H groups in total. The minimum absolute atomic E-state index is 0.0594. The van der Waals surface area contributed by atoms with Crippen molar-refractivity contribution in [3.63, 3.8) is 0 Å². The summed E-state index contributed by atoms with van der Waals surface area (Å²) in [5, 5.41) is 17.7. The van der Waals surface area contributed by atoms with Crippen LogP contribution in [0.25, 0.3) is 0 Å². The van der Waals surface area contributed by atoms with E-state index in [-0.39, 0.29) is 35.3 Å². The molecule has 8 atom stereocenters. The number of rotatable bonds is 32. The number of anilines is 3. The Balaban J connectivity index is 0.611. The van der Waals surface area contributed by atoms with Crippen molar-refractivity contribution in [2.45, 2.75) is 182 Å². The Hall–Kier alpha value is -6.56. The van der Waals surface area contributed by atoms with Crippen molar-refractivity contribution < 1.29 is 38.0 Å². The third-order valence-corrected chi connectivity index (χ3v) is 21.2. The van der Waals surface area contributed by atoms with Gasteiger partial charge in [0.15, 0.2) is 6.54 Å². The lowest BCUT2D eigenvalue weighted by Crippen LogP contribution is -2.51. The molecule has 4 aliphatic rings. The number of hydrogen-bond acceptors (Lipinski definition) is 7. The molecule has 4 aromatic heterocycles. The SMILES string of the molecule is CC(C)CCC[C@@H](C)[C@H]1CC[C@H]2[C@@H]3CC=C4C[C@@H](OC(=O)NCCC[N+](C)(C)CC(=O)NCCCCCCCCCCCCNC(=O)c5cc(NC(=O)c6cc(NC(=O)c7cc(NC(=O)c8cccn8C)cn7C)cn6C)cn5C)CC[C@]4(C)[C@H]3CC[C@]12C. The number of aryl methyl sites for hydroxylation is 4. The lowest BCUT2D eigenvalue weighted by atomic mass is 9.47. The summed E-state index contributed by atoms with van der Waals surface area (Å²) in [7, 11) is 11.1. The molecule has 0 radical (unpaired) electrons. The number of nitrogens with zero attached hydrogens (tertiary/aromatic N) is 5. The van der Waals surface area contributed by atoms with E-state index in [1.807, 2.05) is 0 Å². The molecule has 89 heavy (non-hydrogen) atoms. The Bertz CT molecular complexity index is 3090. The van der Waals surface area contributed by atoms with E-state index in [0.29, 0.717) is 75.9 Å². The molecule has 3 fully saturated rings. The molecule has 0 unspecified atom stereocenters. The predicted molar refractivity (Wildman–Crippen MR) is 355 cm³/mol. The first kappa shape index (κ1) is 68.4. The summed E-state index contributed by atoms with van der Waals surface area (Å²) in [6.45, 7) is 15.5. The minimum atomic E-state index is -0.410. The number of alkyl carbamates (subject to hydrolysis) is 1. The normalized spacial score (nSPS) is 22.5. The predicted octanol–water partition coefficient (Wildman–Crippen LogP) is 13.1. The lowest BCUT2D eigenvalue weighted by Gasteiger charge is -2.58. The number of allylic oxidation sites excluding steroid dienone is 1. The highest BCUT2D eigenvalue weighted by molar-refractivity contribution is 6.08. The molecule has 0 aliphatic heterocycles. The molecule has 4 aromatic rings. The maximum atomic E-state index is 13.4. The van der Waals surface area contributed by atoms with Crippen molar-refractivity contribution in [1.29, 1.82) is 0 Å². The second-order valence-corrected chi connectivity index (χ2v) is 28.8. The molecule has 4 heterocycles. The van der Waals surface area contributed by atoms with Gasteiger partial charge in [0.2, 0.25) is 0 Å². The molecule has 18 heteroatoms. The number of aromatic nitrogens is 4. The fourth-order valence-electron chi connectivity index (χ4n) is 16.2. The Morgan fingerprint density at radius 1 is 0.596 bits per heavy atom. The average molecular weight is 1230 g/mol. The standard InChI is InChI=1S/C71H109N11O7/c1-49(2)25-22-26-50(3)57-30-31-58-56-29-28-51-41-55(32-34-70(51,4)59(56)33-35-71(57,58)5)89-69(88)74-38-24-40-82(10,11)48-64(83)72-36-20-18-16-14-12-13-15-17-19-21-37-73-65(84)61-42-52(45-79(61)7)76-67(86)63-44-54(47-81(63)9)77-68(87)62-43-53(46-80(62)8)75-66(85)60-27-23-39-78(60)6/h23,27-28,39,42-47,49-50,55-59H,12-22,24-26,29-38,40-41,48H2,1-11H3,(H5-,72,73,74,75,76,77,83,84,85,86,87,88)/p+1/t50-,55+,56+,57-,58+,59+,70+,71-/m1/s1. The van der Waals surface area contributed by atoms with Crippen LogP contribution in [-0.4, -0.2) is 111 Å². The lowest BCUT2D eigenvalue weighted by molar-refractivity contribution is -0.882. The quantitative estimate of drug-likeness (QED) is 0.0158. The molecule has 0 aromatic carbocycles. The molecule has 3 saturated carbocycles. The van der Waals surface area contributed by atoms with E-state index in [1.165, 1.54) is 70.6 Å². The van der Waals surface area contributed by atoms with E-state index in [0.717, 1.165) is 113 Å². The van der Waals surface area contributed by atoms with E-state index >= 15 is 0 Å². The van der Waals surface area contributed by atoms with Crippen molar-refractivity contribution in [2.75, 3.05) is 62.8 Å². The maximum Gasteiger partial charge on any atom is 0.407 e. The second kappa shape index (κ2) is 31.0. The number of carbonyl (C=O) groups excluding carboxylic acids is 6. The van der Waals surface area contributed by atoms with Gasteiger partial charge < -0.3 is 59.4 Å². The topological polar surface area (TPSA) is 204 Å². The van der Waals surface area contributed by atoms with E-state index in [4.69, 9.17) is 4.74 Å². The number of quaternary nitrogens is 1. The third kappa shape index (κ3) is 17.9. The second-order valence-electron chi connectivity index (χ2n) is 28.8. The van der Waals surface area contributed by atoms with Gasteiger partial charge in [-0.1, -0.05) is 117 Å². The summed E-state index contributed by atoms with van der Waals surface area (Å²) in [6.07, 6.45) is 34.6. The molecular weight excluding hydrogens is 1120 g/mol. The van der Waals surface area contributed by atoms with Gasteiger partial charge in [-0.3, -0.25) is 24.0 Å². The zero-order chi connectivity index (χ0) is 64.0. The molecular formula is C71H110N11O7+. The van der Waals surface area contributed by atoms with Gasteiger partial charge in [0.25, 0.3) is 29.5 Å². The Morgan fingerprint density at radius 3 is 1.70 bits per heavy atom. The van der Waals surface area contributed by atoms with Crippen LogP contribution in [0.2, 0.25) is 0 Å². The van der Waals surface area contributed by atoms with Gasteiger partial charge in [-0.15, -0.1) is 0 Å². The van der Waals surface area contributed by atoms with Gasteiger partial charge in [0.05, 0.1) is 37.7 Å². The Morgan fingerprint density at radius 2 is 1.13 bits per heavy atom. The first-order chi connectivity index (χ1) is 42.4. The number of hydrogen-bond donors (Lipinski definition) is 6. The molecule has 0 bridgehead atoms. The molecule has 6 amide bonds. The van der Waals surface area contributed by atoms with Gasteiger partial charge in [0, 0.05) is 85.5 Å². The fraction of sp³-hybridized carbons (Fsp3) is 0.662. The first-order valence-corrected chi connectivity index (χ1v) is 34.0. The number of fused-ring (bicyclic) bond motifs is 5. The summed E-state index contributed by atoms with van der Waals surface area (Å²) >= 11 is 0. The van der Waals surface area contributed by atoms with Gasteiger partial charge in [-0.05, 0) is 134 Å². The highest BCUT2D eigenvalue weighted by Gasteiger charge is 2.59. The van der Waals surface area contributed by atoms with Crippen LogP contribution in [0.5, 0.6) is 0 Å². The largest absolute Gasteiger partial charge is 0.446 e. The smallest absolute Gasteiger partial charge is 0.407 e. The van der Waals surface area contributed by atoms with Crippen LogP contribution in [0, 0.1) is 46.3 Å². The van der Waals surface area contributed by atoms with Gasteiger partial charge in [-0.2, -0.15) is 0 Å². The number of likely N-dealkylation sites (N-methyl/N-ethyl adjacent to an activating group) is 1. The van der Waals surface area contributed by atoms with E-state index < -0.39 is 11.8 Å².